The van der Waals surface area contributed by atoms with Gasteiger partial charge in [0.2, 0.25) is 11.7 Å². The highest BCUT2D eigenvalue weighted by Gasteiger charge is 2.34. The summed E-state index contributed by atoms with van der Waals surface area (Å²) in [6, 6.07) is 14.5. The molecule has 0 N–H and O–H groups in total. The van der Waals surface area contributed by atoms with Gasteiger partial charge in [0.1, 0.15) is 0 Å². The number of aryl methyl sites for hydroxylation is 1. The molecule has 6 rings (SSSR count). The summed E-state index contributed by atoms with van der Waals surface area (Å²) in [7, 11) is 0. The number of anilines is 1. The Hall–Kier alpha value is -2.60. The highest BCUT2D eigenvalue weighted by Crippen LogP contribution is 2.45. The summed E-state index contributed by atoms with van der Waals surface area (Å²) in [5.74, 6) is 2.29. The van der Waals surface area contributed by atoms with Crippen molar-refractivity contribution in [3.8, 4) is 11.4 Å². The zero-order valence-corrected chi connectivity index (χ0v) is 19.7. The molecule has 0 bridgehead atoms. The number of nitrogens with zero attached hydrogens (tertiary/aromatic N) is 3. The average Bonchev–Trinajstić information content (AvgIpc) is 3.61. The van der Waals surface area contributed by atoms with Crippen LogP contribution in [0.3, 0.4) is 0 Å². The van der Waals surface area contributed by atoms with E-state index in [-0.39, 0.29) is 11.9 Å². The standard InChI is InChI=1S/C27H29N3O2S/c31-27-21-11-5-6-12-23(21)33-24-17-19(14-15-22(24)30(27)20-9-3-4-10-20)26-28-25(32-29-26)16-13-18-7-1-2-8-18/h5-6,11-12,14-15,17-18,20H,1-4,7-10,13,16H2. The minimum absolute atomic E-state index is 0.116. The second kappa shape index (κ2) is 8.98. The van der Waals surface area contributed by atoms with Gasteiger partial charge in [-0.3, -0.25) is 4.79 Å². The monoisotopic (exact) mass is 459 g/mol. The molecule has 3 aliphatic rings. The maximum Gasteiger partial charge on any atom is 0.259 e. The first-order valence-corrected chi connectivity index (χ1v) is 13.2. The number of aromatic nitrogens is 2. The molecule has 0 radical (unpaired) electrons. The van der Waals surface area contributed by atoms with Gasteiger partial charge in [-0.05, 0) is 55.5 Å². The fourth-order valence-corrected chi connectivity index (χ4v) is 6.75. The van der Waals surface area contributed by atoms with E-state index in [2.05, 4.69) is 17.3 Å². The number of amides is 1. The molecule has 1 aliphatic heterocycles. The van der Waals surface area contributed by atoms with Gasteiger partial charge in [-0.25, -0.2) is 0 Å². The molecule has 0 atom stereocenters. The van der Waals surface area contributed by atoms with Crippen molar-refractivity contribution in [3.63, 3.8) is 0 Å². The van der Waals surface area contributed by atoms with Crippen LogP contribution in [0.15, 0.2) is 56.8 Å². The van der Waals surface area contributed by atoms with Crippen molar-refractivity contribution in [2.75, 3.05) is 4.90 Å². The van der Waals surface area contributed by atoms with Crippen molar-refractivity contribution in [2.24, 2.45) is 5.92 Å². The number of carbonyl (C=O) groups excluding carboxylic acids is 1. The molecule has 33 heavy (non-hydrogen) atoms. The fraction of sp³-hybridized carbons (Fsp3) is 0.444. The van der Waals surface area contributed by atoms with Gasteiger partial charge < -0.3 is 9.42 Å². The normalized spacial score (nSPS) is 19.0. The van der Waals surface area contributed by atoms with E-state index in [0.29, 0.717) is 5.82 Å². The molecule has 2 aliphatic carbocycles. The zero-order valence-electron chi connectivity index (χ0n) is 18.8. The molecular formula is C27H29N3O2S. The largest absolute Gasteiger partial charge is 0.339 e. The van der Waals surface area contributed by atoms with Crippen LogP contribution in [0.1, 0.15) is 74.0 Å². The average molecular weight is 460 g/mol. The predicted molar refractivity (Wildman–Crippen MR) is 130 cm³/mol. The first-order chi connectivity index (χ1) is 16.3. The summed E-state index contributed by atoms with van der Waals surface area (Å²) >= 11 is 1.66. The predicted octanol–water partition coefficient (Wildman–Crippen LogP) is 6.91. The molecule has 1 amide bonds. The lowest BCUT2D eigenvalue weighted by atomic mass is 10.0. The van der Waals surface area contributed by atoms with Crippen molar-refractivity contribution >= 4 is 23.4 Å². The van der Waals surface area contributed by atoms with Crippen molar-refractivity contribution in [2.45, 2.75) is 80.0 Å². The summed E-state index contributed by atoms with van der Waals surface area (Å²) in [6.45, 7) is 0. The first kappa shape index (κ1) is 21.0. The minimum Gasteiger partial charge on any atom is -0.339 e. The quantitative estimate of drug-likeness (QED) is 0.415. The van der Waals surface area contributed by atoms with Gasteiger partial charge in [-0.1, -0.05) is 67.6 Å². The van der Waals surface area contributed by atoms with Crippen LogP contribution in [0.25, 0.3) is 11.4 Å². The highest BCUT2D eigenvalue weighted by atomic mass is 32.2. The molecule has 1 aromatic heterocycles. The van der Waals surface area contributed by atoms with E-state index in [1.807, 2.05) is 35.2 Å². The lowest BCUT2D eigenvalue weighted by molar-refractivity contribution is 0.0974. The van der Waals surface area contributed by atoms with E-state index in [0.717, 1.165) is 64.1 Å². The second-order valence-electron chi connectivity index (χ2n) is 9.60. The molecule has 0 unspecified atom stereocenters. The lowest BCUT2D eigenvalue weighted by Crippen LogP contribution is -2.39. The van der Waals surface area contributed by atoms with Crippen LogP contribution in [0.4, 0.5) is 5.69 Å². The van der Waals surface area contributed by atoms with Crippen LogP contribution in [-0.2, 0) is 6.42 Å². The maximum atomic E-state index is 13.6. The molecule has 2 aromatic carbocycles. The number of benzene rings is 2. The smallest absolute Gasteiger partial charge is 0.259 e. The summed E-state index contributed by atoms with van der Waals surface area (Å²) < 4.78 is 5.59. The van der Waals surface area contributed by atoms with Crippen LogP contribution >= 0.6 is 11.8 Å². The van der Waals surface area contributed by atoms with Crippen molar-refractivity contribution in [1.29, 1.82) is 0 Å². The molecule has 2 saturated carbocycles. The van der Waals surface area contributed by atoms with E-state index < -0.39 is 0 Å². The molecule has 6 heteroatoms. The Balaban J connectivity index is 1.32. The van der Waals surface area contributed by atoms with Crippen molar-refractivity contribution in [1.82, 2.24) is 10.1 Å². The van der Waals surface area contributed by atoms with Crippen LogP contribution in [0.2, 0.25) is 0 Å². The topological polar surface area (TPSA) is 59.2 Å². The summed E-state index contributed by atoms with van der Waals surface area (Å²) in [5, 5.41) is 4.28. The molecular weight excluding hydrogens is 430 g/mol. The molecule has 0 saturated heterocycles. The van der Waals surface area contributed by atoms with E-state index in [1.54, 1.807) is 11.8 Å². The molecule has 2 heterocycles. The van der Waals surface area contributed by atoms with E-state index in [9.17, 15) is 4.79 Å². The third kappa shape index (κ3) is 4.10. The molecule has 0 spiro atoms. The summed E-state index contributed by atoms with van der Waals surface area (Å²) in [5.41, 5.74) is 2.73. The van der Waals surface area contributed by atoms with Gasteiger partial charge in [0.15, 0.2) is 0 Å². The zero-order chi connectivity index (χ0) is 22.2. The molecule has 170 valence electrons. The Kier molecular flexibility index (Phi) is 5.70. The fourth-order valence-electron chi connectivity index (χ4n) is 5.65. The Labute approximate surface area is 199 Å². The van der Waals surface area contributed by atoms with Crippen LogP contribution in [0.5, 0.6) is 0 Å². The van der Waals surface area contributed by atoms with Gasteiger partial charge in [0, 0.05) is 27.8 Å². The molecule has 3 aromatic rings. The second-order valence-corrected chi connectivity index (χ2v) is 10.7. The van der Waals surface area contributed by atoms with Gasteiger partial charge >= 0.3 is 0 Å². The lowest BCUT2D eigenvalue weighted by Gasteiger charge is -2.29. The molecule has 5 nitrogen and oxygen atoms in total. The highest BCUT2D eigenvalue weighted by molar-refractivity contribution is 7.99. The van der Waals surface area contributed by atoms with Crippen molar-refractivity contribution in [3.05, 3.63) is 53.9 Å². The van der Waals surface area contributed by atoms with Gasteiger partial charge in [-0.15, -0.1) is 0 Å². The first-order valence-electron chi connectivity index (χ1n) is 12.3. The van der Waals surface area contributed by atoms with Crippen LogP contribution in [-0.4, -0.2) is 22.1 Å². The van der Waals surface area contributed by atoms with Crippen molar-refractivity contribution < 1.29 is 9.32 Å². The van der Waals surface area contributed by atoms with Crippen LogP contribution < -0.4 is 4.90 Å². The van der Waals surface area contributed by atoms with E-state index >= 15 is 0 Å². The Morgan fingerprint density at radius 3 is 2.61 bits per heavy atom. The number of hydrogen-bond acceptors (Lipinski definition) is 5. The Morgan fingerprint density at radius 2 is 1.76 bits per heavy atom. The maximum absolute atomic E-state index is 13.6. The number of fused-ring (bicyclic) bond motifs is 2. The SMILES string of the molecule is O=C1c2ccccc2Sc2cc(-c3noc(CCC4CCCC4)n3)ccc2N1C1CCCC1. The number of rotatable bonds is 5. The van der Waals surface area contributed by atoms with Crippen LogP contribution in [0, 0.1) is 5.92 Å². The van der Waals surface area contributed by atoms with E-state index in [4.69, 9.17) is 9.51 Å². The number of carbonyl (C=O) groups is 1. The third-order valence-corrected chi connectivity index (χ3v) is 8.56. The Morgan fingerprint density at radius 1 is 0.970 bits per heavy atom. The van der Waals surface area contributed by atoms with Gasteiger partial charge in [0.25, 0.3) is 5.91 Å². The van der Waals surface area contributed by atoms with Gasteiger partial charge in [0.05, 0.1) is 11.3 Å². The molecule has 2 fully saturated rings. The Bertz CT molecular complexity index is 1160. The summed E-state index contributed by atoms with van der Waals surface area (Å²) in [6.07, 6.45) is 11.9. The third-order valence-electron chi connectivity index (χ3n) is 7.43. The minimum atomic E-state index is 0.116. The van der Waals surface area contributed by atoms with Gasteiger partial charge in [-0.2, -0.15) is 4.98 Å². The summed E-state index contributed by atoms with van der Waals surface area (Å²) in [4.78, 5) is 22.4. The number of hydrogen-bond donors (Lipinski definition) is 0. The van der Waals surface area contributed by atoms with E-state index in [1.165, 1.54) is 38.5 Å².